The molecule has 0 saturated carbocycles. The van der Waals surface area contributed by atoms with Crippen LogP contribution < -0.4 is 10.5 Å². The van der Waals surface area contributed by atoms with Crippen molar-refractivity contribution >= 4 is 28.8 Å². The van der Waals surface area contributed by atoms with Gasteiger partial charge in [0.15, 0.2) is 5.58 Å². The molecule has 2 aromatic rings. The molecule has 1 aromatic carbocycles. The highest BCUT2D eigenvalue weighted by Gasteiger charge is 2.09. The number of oxazole rings is 1. The SMILES string of the molecule is NC(=O)Oc1nc2cc(Cl)ccc2o1. The molecular weight excluding hydrogens is 208 g/mol. The van der Waals surface area contributed by atoms with Crippen molar-refractivity contribution in [2.24, 2.45) is 5.73 Å². The summed E-state index contributed by atoms with van der Waals surface area (Å²) in [6.45, 7) is 0. The van der Waals surface area contributed by atoms with E-state index < -0.39 is 6.09 Å². The summed E-state index contributed by atoms with van der Waals surface area (Å²) in [6.07, 6.45) is -1.16. The third-order valence-corrected chi connectivity index (χ3v) is 1.75. The molecule has 5 nitrogen and oxygen atoms in total. The lowest BCUT2D eigenvalue weighted by atomic mass is 10.3. The van der Waals surface area contributed by atoms with Crippen LogP contribution in [0, 0.1) is 0 Å². The molecule has 0 aliphatic rings. The number of hydrogen-bond acceptors (Lipinski definition) is 4. The second-order valence-electron chi connectivity index (χ2n) is 2.51. The lowest BCUT2D eigenvalue weighted by molar-refractivity contribution is 0.196. The van der Waals surface area contributed by atoms with Gasteiger partial charge in [-0.2, -0.15) is 4.98 Å². The van der Waals surface area contributed by atoms with Crippen molar-refractivity contribution < 1.29 is 13.9 Å². The standard InChI is InChI=1S/C8H5ClN2O3/c9-4-1-2-6-5(3-4)11-8(13-6)14-7(10)12/h1-3H,(H2,10,12). The molecule has 2 rings (SSSR count). The van der Waals surface area contributed by atoms with Crippen molar-refractivity contribution in [3.05, 3.63) is 23.2 Å². The predicted molar refractivity (Wildman–Crippen MR) is 49.2 cm³/mol. The first-order valence-corrected chi connectivity index (χ1v) is 4.06. The van der Waals surface area contributed by atoms with Gasteiger partial charge >= 0.3 is 12.2 Å². The third-order valence-electron chi connectivity index (χ3n) is 1.52. The van der Waals surface area contributed by atoms with E-state index in [-0.39, 0.29) is 6.08 Å². The Morgan fingerprint density at radius 2 is 2.36 bits per heavy atom. The number of nitrogens with two attached hydrogens (primary N) is 1. The number of halogens is 1. The maximum atomic E-state index is 10.4. The molecule has 72 valence electrons. The molecule has 6 heteroatoms. The number of carbonyl (C=O) groups excluding carboxylic acids is 1. The van der Waals surface area contributed by atoms with E-state index in [1.54, 1.807) is 18.2 Å². The van der Waals surface area contributed by atoms with E-state index in [2.05, 4.69) is 9.72 Å². The fourth-order valence-corrected chi connectivity index (χ4v) is 1.18. The third kappa shape index (κ3) is 1.62. The van der Waals surface area contributed by atoms with Crippen LogP contribution in [-0.2, 0) is 0 Å². The van der Waals surface area contributed by atoms with Gasteiger partial charge < -0.3 is 14.9 Å². The number of ether oxygens (including phenoxy) is 1. The molecular formula is C8H5ClN2O3. The van der Waals surface area contributed by atoms with Gasteiger partial charge in [-0.1, -0.05) is 11.6 Å². The van der Waals surface area contributed by atoms with Crippen LogP contribution in [-0.4, -0.2) is 11.1 Å². The highest BCUT2D eigenvalue weighted by atomic mass is 35.5. The highest BCUT2D eigenvalue weighted by Crippen LogP contribution is 2.23. The summed E-state index contributed by atoms with van der Waals surface area (Å²) in [7, 11) is 0. The van der Waals surface area contributed by atoms with Crippen LogP contribution >= 0.6 is 11.6 Å². The lowest BCUT2D eigenvalue weighted by Crippen LogP contribution is -2.16. The number of primary amides is 1. The number of hydrogen-bond donors (Lipinski definition) is 1. The lowest BCUT2D eigenvalue weighted by Gasteiger charge is -1.89. The number of nitrogens with zero attached hydrogens (tertiary/aromatic N) is 1. The van der Waals surface area contributed by atoms with Crippen LogP contribution in [0.2, 0.25) is 5.02 Å². The van der Waals surface area contributed by atoms with E-state index in [9.17, 15) is 4.79 Å². The molecule has 1 heterocycles. The van der Waals surface area contributed by atoms with E-state index >= 15 is 0 Å². The van der Waals surface area contributed by atoms with Crippen LogP contribution in [0.15, 0.2) is 22.6 Å². The largest absolute Gasteiger partial charge is 0.413 e. The Morgan fingerprint density at radius 1 is 1.57 bits per heavy atom. The van der Waals surface area contributed by atoms with Crippen LogP contribution in [0.25, 0.3) is 11.1 Å². The molecule has 0 aliphatic heterocycles. The van der Waals surface area contributed by atoms with Crippen molar-refractivity contribution in [3.8, 4) is 6.08 Å². The Balaban J connectivity index is 2.46. The van der Waals surface area contributed by atoms with Crippen molar-refractivity contribution in [2.45, 2.75) is 0 Å². The zero-order chi connectivity index (χ0) is 10.1. The average molecular weight is 213 g/mol. The first-order chi connectivity index (χ1) is 6.65. The fraction of sp³-hybridized carbons (Fsp3) is 0. The summed E-state index contributed by atoms with van der Waals surface area (Å²) in [4.78, 5) is 14.2. The fourth-order valence-electron chi connectivity index (χ4n) is 1.01. The number of rotatable bonds is 1. The molecule has 2 N–H and O–H groups in total. The zero-order valence-electron chi connectivity index (χ0n) is 6.86. The van der Waals surface area contributed by atoms with Gasteiger partial charge in [0.25, 0.3) is 0 Å². The molecule has 0 spiro atoms. The molecule has 0 bridgehead atoms. The van der Waals surface area contributed by atoms with E-state index in [0.29, 0.717) is 16.1 Å². The Kier molecular flexibility index (Phi) is 2.01. The highest BCUT2D eigenvalue weighted by molar-refractivity contribution is 6.31. The number of aromatic nitrogens is 1. The predicted octanol–water partition coefficient (Wildman–Crippen LogP) is 1.94. The van der Waals surface area contributed by atoms with Gasteiger partial charge in [-0.25, -0.2) is 4.79 Å². The maximum absolute atomic E-state index is 10.4. The summed E-state index contributed by atoms with van der Waals surface area (Å²) < 4.78 is 9.50. The van der Waals surface area contributed by atoms with Gasteiger partial charge in [-0.15, -0.1) is 0 Å². The van der Waals surface area contributed by atoms with E-state index in [1.807, 2.05) is 0 Å². The average Bonchev–Trinajstić information content (AvgIpc) is 2.44. The van der Waals surface area contributed by atoms with E-state index in [1.165, 1.54) is 0 Å². The van der Waals surface area contributed by atoms with E-state index in [0.717, 1.165) is 0 Å². The maximum Gasteiger partial charge on any atom is 0.413 e. The minimum atomic E-state index is -0.970. The van der Waals surface area contributed by atoms with Gasteiger partial charge in [-0.3, -0.25) is 0 Å². The van der Waals surface area contributed by atoms with Crippen LogP contribution in [0.4, 0.5) is 4.79 Å². The number of fused-ring (bicyclic) bond motifs is 1. The van der Waals surface area contributed by atoms with Crippen LogP contribution in [0.1, 0.15) is 0 Å². The Labute approximate surface area is 83.4 Å². The molecule has 1 aromatic heterocycles. The Bertz CT molecular complexity index is 494. The number of benzene rings is 1. The molecule has 14 heavy (non-hydrogen) atoms. The molecule has 0 unspecified atom stereocenters. The molecule has 0 atom stereocenters. The monoisotopic (exact) mass is 212 g/mol. The van der Waals surface area contributed by atoms with Crippen molar-refractivity contribution in [1.82, 2.24) is 4.98 Å². The van der Waals surface area contributed by atoms with E-state index in [4.69, 9.17) is 21.8 Å². The molecule has 0 fully saturated rings. The van der Waals surface area contributed by atoms with Gasteiger partial charge in [0.05, 0.1) is 0 Å². The quantitative estimate of drug-likeness (QED) is 0.784. The minimum Gasteiger partial charge on any atom is -0.409 e. The topological polar surface area (TPSA) is 78.4 Å². The summed E-state index contributed by atoms with van der Waals surface area (Å²) in [5, 5.41) is 0.524. The van der Waals surface area contributed by atoms with Crippen molar-refractivity contribution in [2.75, 3.05) is 0 Å². The summed E-state index contributed by atoms with van der Waals surface area (Å²) >= 11 is 5.72. The molecule has 0 aliphatic carbocycles. The molecule has 0 radical (unpaired) electrons. The smallest absolute Gasteiger partial charge is 0.409 e. The first kappa shape index (κ1) is 8.83. The molecule has 1 amide bonds. The number of amides is 1. The van der Waals surface area contributed by atoms with Crippen LogP contribution in [0.5, 0.6) is 6.08 Å². The summed E-state index contributed by atoms with van der Waals surface area (Å²) in [6, 6.07) is 4.86. The Hall–Kier alpha value is -1.75. The Morgan fingerprint density at radius 3 is 3.07 bits per heavy atom. The van der Waals surface area contributed by atoms with Gasteiger partial charge in [0.1, 0.15) is 5.52 Å². The summed E-state index contributed by atoms with van der Waals surface area (Å²) in [5.41, 5.74) is 5.77. The van der Waals surface area contributed by atoms with Crippen molar-refractivity contribution in [3.63, 3.8) is 0 Å². The van der Waals surface area contributed by atoms with Gasteiger partial charge in [0.2, 0.25) is 0 Å². The zero-order valence-corrected chi connectivity index (χ0v) is 7.62. The van der Waals surface area contributed by atoms with Crippen LogP contribution in [0.3, 0.4) is 0 Å². The second kappa shape index (κ2) is 3.19. The first-order valence-electron chi connectivity index (χ1n) is 3.68. The van der Waals surface area contributed by atoms with Gasteiger partial charge in [0, 0.05) is 5.02 Å². The van der Waals surface area contributed by atoms with Gasteiger partial charge in [-0.05, 0) is 18.2 Å². The van der Waals surface area contributed by atoms with Crippen molar-refractivity contribution in [1.29, 1.82) is 0 Å². The minimum absolute atomic E-state index is 0.185. The second-order valence-corrected chi connectivity index (χ2v) is 2.95. The summed E-state index contributed by atoms with van der Waals surface area (Å²) in [5.74, 6) is 0. The molecule has 0 saturated heterocycles. The normalized spacial score (nSPS) is 10.4. The number of carbonyl (C=O) groups is 1.